The first-order chi connectivity index (χ1) is 9.53. The molecule has 0 saturated carbocycles. The highest BCUT2D eigenvalue weighted by Gasteiger charge is 2.20. The second kappa shape index (κ2) is 6.56. The molecule has 1 N–H and O–H groups in total. The van der Waals surface area contributed by atoms with Crippen molar-refractivity contribution in [3.8, 4) is 5.75 Å². The zero-order valence-electron chi connectivity index (χ0n) is 11.9. The number of hydrogen-bond donors (Lipinski definition) is 1. The lowest BCUT2D eigenvalue weighted by molar-refractivity contribution is 0.186. The van der Waals surface area contributed by atoms with E-state index in [4.69, 9.17) is 9.47 Å². The maximum absolute atomic E-state index is 12.2. The molecule has 0 bridgehead atoms. The van der Waals surface area contributed by atoms with Gasteiger partial charge in [-0.05, 0) is 49.9 Å². The molecule has 1 aromatic carbocycles. The standard InChI is InChI=1S/C14H21NO4S/c1-3-19-14-5-4-13(8-11(14)2)20(16,17)15-9-12-6-7-18-10-12/h4-5,8,12,15H,3,6-7,9-10H2,1-2H3/t12-/m1/s1. The Kier molecular flexibility index (Phi) is 5.01. The number of hydrogen-bond acceptors (Lipinski definition) is 4. The van der Waals surface area contributed by atoms with Crippen molar-refractivity contribution in [1.29, 1.82) is 0 Å². The van der Waals surface area contributed by atoms with Crippen LogP contribution in [0, 0.1) is 12.8 Å². The minimum atomic E-state index is -3.46. The third-order valence-electron chi connectivity index (χ3n) is 3.34. The van der Waals surface area contributed by atoms with Crippen LogP contribution >= 0.6 is 0 Å². The summed E-state index contributed by atoms with van der Waals surface area (Å²) in [6.45, 7) is 6.07. The summed E-state index contributed by atoms with van der Waals surface area (Å²) in [5.74, 6) is 0.990. The van der Waals surface area contributed by atoms with Crippen molar-refractivity contribution in [2.75, 3.05) is 26.4 Å². The molecule has 0 amide bonds. The minimum absolute atomic E-state index is 0.272. The number of aryl methyl sites for hydroxylation is 1. The molecule has 0 unspecified atom stereocenters. The number of rotatable bonds is 6. The van der Waals surface area contributed by atoms with Gasteiger partial charge in [0.15, 0.2) is 0 Å². The summed E-state index contributed by atoms with van der Waals surface area (Å²) in [5, 5.41) is 0. The summed E-state index contributed by atoms with van der Waals surface area (Å²) in [6, 6.07) is 4.91. The van der Waals surface area contributed by atoms with E-state index in [9.17, 15) is 8.42 Å². The average molecular weight is 299 g/mol. The van der Waals surface area contributed by atoms with E-state index in [2.05, 4.69) is 4.72 Å². The Hall–Kier alpha value is -1.11. The van der Waals surface area contributed by atoms with Crippen molar-refractivity contribution in [1.82, 2.24) is 4.72 Å². The van der Waals surface area contributed by atoms with Crippen LogP contribution in [0.4, 0.5) is 0 Å². The smallest absolute Gasteiger partial charge is 0.240 e. The Bertz CT molecular complexity index is 550. The summed E-state index contributed by atoms with van der Waals surface area (Å²) in [5.41, 5.74) is 0.818. The molecule has 0 aliphatic carbocycles. The summed E-state index contributed by atoms with van der Waals surface area (Å²) in [7, 11) is -3.46. The van der Waals surface area contributed by atoms with Crippen molar-refractivity contribution >= 4 is 10.0 Å². The number of benzene rings is 1. The van der Waals surface area contributed by atoms with Gasteiger partial charge < -0.3 is 9.47 Å². The van der Waals surface area contributed by atoms with Crippen molar-refractivity contribution in [3.63, 3.8) is 0 Å². The summed E-state index contributed by atoms with van der Waals surface area (Å²) in [6.07, 6.45) is 0.908. The molecule has 1 aromatic rings. The third-order valence-corrected chi connectivity index (χ3v) is 4.76. The van der Waals surface area contributed by atoms with Gasteiger partial charge in [-0.1, -0.05) is 0 Å². The van der Waals surface area contributed by atoms with Crippen molar-refractivity contribution in [2.45, 2.75) is 25.2 Å². The molecule has 1 saturated heterocycles. The maximum atomic E-state index is 12.2. The molecule has 2 rings (SSSR count). The average Bonchev–Trinajstić information content (AvgIpc) is 2.92. The molecule has 1 fully saturated rings. The first kappa shape index (κ1) is 15.3. The lowest BCUT2D eigenvalue weighted by atomic mass is 10.1. The van der Waals surface area contributed by atoms with Gasteiger partial charge in [0.1, 0.15) is 5.75 Å². The molecule has 112 valence electrons. The molecule has 0 spiro atoms. The molecular formula is C14H21NO4S. The fourth-order valence-corrected chi connectivity index (χ4v) is 3.36. The van der Waals surface area contributed by atoms with Crippen LogP contribution < -0.4 is 9.46 Å². The monoisotopic (exact) mass is 299 g/mol. The van der Waals surface area contributed by atoms with Gasteiger partial charge in [0.25, 0.3) is 0 Å². The fraction of sp³-hybridized carbons (Fsp3) is 0.571. The van der Waals surface area contributed by atoms with E-state index in [-0.39, 0.29) is 10.8 Å². The first-order valence-corrected chi connectivity index (χ1v) is 8.32. The third kappa shape index (κ3) is 3.71. The van der Waals surface area contributed by atoms with Gasteiger partial charge in [0, 0.05) is 13.2 Å². The van der Waals surface area contributed by atoms with Gasteiger partial charge in [-0.3, -0.25) is 0 Å². The van der Waals surface area contributed by atoms with Crippen LogP contribution in [0.1, 0.15) is 18.9 Å². The number of sulfonamides is 1. The Morgan fingerprint density at radius 1 is 1.45 bits per heavy atom. The topological polar surface area (TPSA) is 64.6 Å². The molecule has 0 radical (unpaired) electrons. The highest BCUT2D eigenvalue weighted by atomic mass is 32.2. The van der Waals surface area contributed by atoms with Gasteiger partial charge >= 0.3 is 0 Å². The van der Waals surface area contributed by atoms with Crippen LogP contribution in [0.3, 0.4) is 0 Å². The van der Waals surface area contributed by atoms with Crippen molar-refractivity contribution in [2.24, 2.45) is 5.92 Å². The maximum Gasteiger partial charge on any atom is 0.240 e. The van der Waals surface area contributed by atoms with Crippen LogP contribution in [-0.2, 0) is 14.8 Å². The Labute approximate surface area is 120 Å². The molecule has 6 heteroatoms. The molecule has 1 atom stereocenters. The zero-order valence-corrected chi connectivity index (χ0v) is 12.7. The van der Waals surface area contributed by atoms with Crippen LogP contribution in [-0.4, -0.2) is 34.8 Å². The zero-order chi connectivity index (χ0) is 14.6. The van der Waals surface area contributed by atoms with Gasteiger partial charge in [0.2, 0.25) is 10.0 Å². The van der Waals surface area contributed by atoms with Gasteiger partial charge in [0.05, 0.1) is 18.1 Å². The van der Waals surface area contributed by atoms with Gasteiger partial charge in [-0.15, -0.1) is 0 Å². The number of nitrogens with one attached hydrogen (secondary N) is 1. The van der Waals surface area contributed by atoms with E-state index in [1.165, 1.54) is 0 Å². The predicted molar refractivity (Wildman–Crippen MR) is 76.5 cm³/mol. The molecule has 1 aliphatic heterocycles. The lowest BCUT2D eigenvalue weighted by Gasteiger charge is -2.12. The summed E-state index contributed by atoms with van der Waals surface area (Å²) < 4.78 is 37.7. The summed E-state index contributed by atoms with van der Waals surface area (Å²) >= 11 is 0. The Balaban J connectivity index is 2.06. The van der Waals surface area contributed by atoms with Crippen LogP contribution in [0.25, 0.3) is 0 Å². The molecule has 5 nitrogen and oxygen atoms in total. The Morgan fingerprint density at radius 3 is 2.85 bits per heavy atom. The minimum Gasteiger partial charge on any atom is -0.494 e. The quantitative estimate of drug-likeness (QED) is 0.868. The Morgan fingerprint density at radius 2 is 2.25 bits per heavy atom. The van der Waals surface area contributed by atoms with Crippen molar-refractivity contribution < 1.29 is 17.9 Å². The normalized spacial score (nSPS) is 19.2. The summed E-state index contributed by atoms with van der Waals surface area (Å²) in [4.78, 5) is 0.275. The molecule has 20 heavy (non-hydrogen) atoms. The molecular weight excluding hydrogens is 278 g/mol. The van der Waals surface area contributed by atoms with E-state index >= 15 is 0 Å². The largest absolute Gasteiger partial charge is 0.494 e. The van der Waals surface area contributed by atoms with E-state index in [0.717, 1.165) is 17.7 Å². The number of ether oxygens (including phenoxy) is 2. The fourth-order valence-electron chi connectivity index (χ4n) is 2.16. The molecule has 0 aromatic heterocycles. The second-order valence-corrected chi connectivity index (χ2v) is 6.71. The van der Waals surface area contributed by atoms with Crippen LogP contribution in [0.15, 0.2) is 23.1 Å². The SMILES string of the molecule is CCOc1ccc(S(=O)(=O)NC[C@H]2CCOC2)cc1C. The van der Waals surface area contributed by atoms with E-state index < -0.39 is 10.0 Å². The van der Waals surface area contributed by atoms with Crippen LogP contribution in [0.5, 0.6) is 5.75 Å². The highest BCUT2D eigenvalue weighted by molar-refractivity contribution is 7.89. The highest BCUT2D eigenvalue weighted by Crippen LogP contribution is 2.22. The van der Waals surface area contributed by atoms with E-state index in [1.807, 2.05) is 13.8 Å². The van der Waals surface area contributed by atoms with E-state index in [0.29, 0.717) is 26.4 Å². The first-order valence-electron chi connectivity index (χ1n) is 6.84. The van der Waals surface area contributed by atoms with Crippen LogP contribution in [0.2, 0.25) is 0 Å². The molecule has 1 heterocycles. The second-order valence-electron chi connectivity index (χ2n) is 4.94. The lowest BCUT2D eigenvalue weighted by Crippen LogP contribution is -2.29. The predicted octanol–water partition coefficient (Wildman–Crippen LogP) is 1.71. The van der Waals surface area contributed by atoms with Gasteiger partial charge in [-0.2, -0.15) is 0 Å². The van der Waals surface area contributed by atoms with Gasteiger partial charge in [-0.25, -0.2) is 13.1 Å². The molecule has 1 aliphatic rings. The van der Waals surface area contributed by atoms with E-state index in [1.54, 1.807) is 18.2 Å². The van der Waals surface area contributed by atoms with Crippen molar-refractivity contribution in [3.05, 3.63) is 23.8 Å².